The number of rotatable bonds is 7. The summed E-state index contributed by atoms with van der Waals surface area (Å²) in [5.41, 5.74) is 0. The first kappa shape index (κ1) is 18.0. The first-order chi connectivity index (χ1) is 12.2. The van der Waals surface area contributed by atoms with Gasteiger partial charge in [-0.15, -0.1) is 0 Å². The van der Waals surface area contributed by atoms with Crippen molar-refractivity contribution >= 4 is 37.8 Å². The van der Waals surface area contributed by atoms with E-state index in [0.717, 1.165) is 19.0 Å². The molecule has 0 atom stereocenters. The molecule has 3 aromatic rings. The normalized spacial score (nSPS) is 13.0. The van der Waals surface area contributed by atoms with Gasteiger partial charge in [-0.2, -0.15) is 0 Å². The van der Waals surface area contributed by atoms with Crippen LogP contribution in [0.4, 0.5) is 0 Å². The van der Waals surface area contributed by atoms with Gasteiger partial charge in [0, 0.05) is 0 Å². The Balaban J connectivity index is 2.32. The molecule has 0 aliphatic rings. The van der Waals surface area contributed by atoms with Crippen molar-refractivity contribution in [3.05, 3.63) is 91.0 Å². The van der Waals surface area contributed by atoms with Crippen molar-refractivity contribution in [1.82, 2.24) is 0 Å². The Morgan fingerprint density at radius 2 is 0.920 bits per heavy atom. The molecular weight excluding hydrogens is 317 g/mol. The monoisotopic (exact) mass is 340 g/mol. The van der Waals surface area contributed by atoms with E-state index >= 15 is 0 Å². The van der Waals surface area contributed by atoms with Crippen LogP contribution in [0.5, 0.6) is 0 Å². The summed E-state index contributed by atoms with van der Waals surface area (Å²) in [5, 5.41) is 3.72. The van der Waals surface area contributed by atoms with Crippen LogP contribution in [0.1, 0.15) is 12.8 Å². The maximum atomic E-state index is 7.62. The van der Waals surface area contributed by atoms with E-state index in [1.807, 2.05) is 0 Å². The van der Waals surface area contributed by atoms with Crippen LogP contribution in [0.3, 0.4) is 0 Å². The van der Waals surface area contributed by atoms with Gasteiger partial charge in [-0.1, -0.05) is 0 Å². The molecule has 0 heterocycles. The standard InChI is InChI=1S/C22H23B2P/c23-18-10-11-19-25(24,20-12-4-1-5-13-20,21-14-6-2-7-15-21)22-16-8-3-9-17-22/h1-9,12-17H,10-11,18-19H2. The van der Waals surface area contributed by atoms with Gasteiger partial charge >= 0.3 is 154 Å². The molecule has 0 fully saturated rings. The van der Waals surface area contributed by atoms with Gasteiger partial charge < -0.3 is 0 Å². The van der Waals surface area contributed by atoms with E-state index in [1.54, 1.807) is 0 Å². The van der Waals surface area contributed by atoms with Gasteiger partial charge in [0.15, 0.2) is 0 Å². The summed E-state index contributed by atoms with van der Waals surface area (Å²) in [5.74, 6) is 0. The predicted molar refractivity (Wildman–Crippen MR) is 116 cm³/mol. The van der Waals surface area contributed by atoms with E-state index in [1.165, 1.54) is 15.9 Å². The molecule has 25 heavy (non-hydrogen) atoms. The fourth-order valence-corrected chi connectivity index (χ4v) is 8.83. The van der Waals surface area contributed by atoms with Crippen molar-refractivity contribution in [3.8, 4) is 0 Å². The summed E-state index contributed by atoms with van der Waals surface area (Å²) in [6.07, 6.45) is 3.64. The van der Waals surface area contributed by atoms with Crippen LogP contribution < -0.4 is 15.9 Å². The third-order valence-electron chi connectivity index (χ3n) is 5.11. The summed E-state index contributed by atoms with van der Waals surface area (Å²) in [7, 11) is 13.4. The summed E-state index contributed by atoms with van der Waals surface area (Å²) in [4.78, 5) is 0. The van der Waals surface area contributed by atoms with Crippen molar-refractivity contribution < 1.29 is 0 Å². The van der Waals surface area contributed by atoms with Crippen molar-refractivity contribution in [2.45, 2.75) is 19.2 Å². The zero-order valence-electron chi connectivity index (χ0n) is 14.6. The topological polar surface area (TPSA) is 0 Å². The Morgan fingerprint density at radius 1 is 0.560 bits per heavy atom. The summed E-state index contributed by atoms with van der Waals surface area (Å²) < 4.78 is 0. The molecule has 0 amide bonds. The van der Waals surface area contributed by atoms with Gasteiger partial charge in [-0.3, -0.25) is 0 Å². The van der Waals surface area contributed by atoms with Gasteiger partial charge in [0.05, 0.1) is 0 Å². The third kappa shape index (κ3) is 3.21. The fourth-order valence-electron chi connectivity index (χ4n) is 3.72. The van der Waals surface area contributed by atoms with Crippen LogP contribution >= 0.6 is 6.48 Å². The second kappa shape index (κ2) is 7.63. The molecule has 3 heteroatoms. The van der Waals surface area contributed by atoms with E-state index in [9.17, 15) is 0 Å². The second-order valence-electron chi connectivity index (χ2n) is 6.61. The van der Waals surface area contributed by atoms with Gasteiger partial charge in [0.1, 0.15) is 0 Å². The Morgan fingerprint density at radius 3 is 1.24 bits per heavy atom. The Bertz CT molecular complexity index is 689. The molecule has 0 N–H and O–H groups in total. The first-order valence-electron chi connectivity index (χ1n) is 8.89. The van der Waals surface area contributed by atoms with Crippen LogP contribution in [0.25, 0.3) is 0 Å². The third-order valence-corrected chi connectivity index (χ3v) is 10.8. The zero-order valence-corrected chi connectivity index (χ0v) is 15.5. The Kier molecular flexibility index (Phi) is 5.50. The van der Waals surface area contributed by atoms with Crippen molar-refractivity contribution in [2.75, 3.05) is 6.16 Å². The van der Waals surface area contributed by atoms with E-state index < -0.39 is 6.48 Å². The van der Waals surface area contributed by atoms with Crippen LogP contribution in [0, 0.1) is 0 Å². The summed E-state index contributed by atoms with van der Waals surface area (Å²) >= 11 is 0. The van der Waals surface area contributed by atoms with Crippen molar-refractivity contribution in [3.63, 3.8) is 0 Å². The van der Waals surface area contributed by atoms with Gasteiger partial charge in [-0.05, 0) is 0 Å². The van der Waals surface area contributed by atoms with Crippen LogP contribution in [0.2, 0.25) is 6.32 Å². The molecule has 0 aliphatic carbocycles. The molecule has 0 nitrogen and oxygen atoms in total. The SMILES string of the molecule is [B]CCCCP([B])(c1ccccc1)(c1ccccc1)c1ccccc1. The van der Waals surface area contributed by atoms with Crippen molar-refractivity contribution in [1.29, 1.82) is 0 Å². The van der Waals surface area contributed by atoms with E-state index in [-0.39, 0.29) is 0 Å². The van der Waals surface area contributed by atoms with Gasteiger partial charge in [0.2, 0.25) is 0 Å². The molecular formula is C22H23B2P. The zero-order chi connectivity index (χ0) is 17.6. The molecule has 0 bridgehead atoms. The van der Waals surface area contributed by atoms with E-state index in [0.29, 0.717) is 6.32 Å². The Hall–Kier alpha value is -1.78. The molecule has 3 rings (SSSR count). The van der Waals surface area contributed by atoms with Gasteiger partial charge in [-0.25, -0.2) is 0 Å². The quantitative estimate of drug-likeness (QED) is 0.347. The van der Waals surface area contributed by atoms with Crippen LogP contribution in [0.15, 0.2) is 91.0 Å². The summed E-state index contributed by atoms with van der Waals surface area (Å²) in [6.45, 7) is -3.03. The fraction of sp³-hybridized carbons (Fsp3) is 0.182. The van der Waals surface area contributed by atoms with E-state index in [2.05, 4.69) is 91.0 Å². The molecule has 3 aromatic carbocycles. The average molecular weight is 340 g/mol. The first-order valence-corrected chi connectivity index (χ1v) is 11.4. The Labute approximate surface area is 154 Å². The number of hydrogen-bond acceptors (Lipinski definition) is 0. The molecule has 4 radical (unpaired) electrons. The number of hydrogen-bond donors (Lipinski definition) is 0. The maximum absolute atomic E-state index is 7.62. The summed E-state index contributed by atoms with van der Waals surface area (Å²) in [6, 6.07) is 31.9. The molecule has 0 spiro atoms. The molecule has 0 saturated heterocycles. The number of unbranched alkanes of at least 4 members (excludes halogenated alkanes) is 1. The predicted octanol–water partition coefficient (Wildman–Crippen LogP) is 3.97. The minimum absolute atomic E-state index is 0.699. The molecule has 0 aromatic heterocycles. The van der Waals surface area contributed by atoms with Crippen LogP contribution in [-0.2, 0) is 0 Å². The van der Waals surface area contributed by atoms with Crippen LogP contribution in [-0.4, -0.2) is 21.6 Å². The average Bonchev–Trinajstić information content (AvgIpc) is 2.70. The molecule has 0 unspecified atom stereocenters. The molecule has 0 aliphatic heterocycles. The molecule has 122 valence electrons. The number of benzene rings is 3. The van der Waals surface area contributed by atoms with Gasteiger partial charge in [0.25, 0.3) is 0 Å². The minimum atomic E-state index is -3.03. The van der Waals surface area contributed by atoms with E-state index in [4.69, 9.17) is 15.4 Å². The van der Waals surface area contributed by atoms with Crippen molar-refractivity contribution in [2.24, 2.45) is 0 Å². The molecule has 0 saturated carbocycles. The second-order valence-corrected chi connectivity index (χ2v) is 11.4.